The van der Waals surface area contributed by atoms with E-state index >= 15 is 0 Å². The third-order valence-corrected chi connectivity index (χ3v) is 0.461. The molecule has 0 saturated carbocycles. The number of thiocarbonyl (C=S) groups is 2. The van der Waals surface area contributed by atoms with E-state index in [1.54, 1.807) is 6.08 Å². The Balaban J connectivity index is -0.000000142. The Hall–Kier alpha value is 0.0551. The van der Waals surface area contributed by atoms with Gasteiger partial charge in [-0.2, -0.15) is 0 Å². The van der Waals surface area contributed by atoms with Crippen molar-refractivity contribution < 1.29 is 37.5 Å². The van der Waals surface area contributed by atoms with Crippen LogP contribution in [0.15, 0.2) is 12.7 Å². The molecule has 0 amide bonds. The smallest absolute Gasteiger partial charge is 0.254 e. The normalized spacial score (nSPS) is 6.33. The number of ether oxygens (including phenoxy) is 1. The van der Waals surface area contributed by atoms with Crippen molar-refractivity contribution in [3.63, 3.8) is 0 Å². The summed E-state index contributed by atoms with van der Waals surface area (Å²) in [5, 5.41) is 7.13. The van der Waals surface area contributed by atoms with Crippen molar-refractivity contribution in [2.24, 2.45) is 11.5 Å². The minimum absolute atomic E-state index is 0. The summed E-state index contributed by atoms with van der Waals surface area (Å²) in [7, 11) is 0. The van der Waals surface area contributed by atoms with Crippen LogP contribution in [0.4, 0.5) is 0 Å². The maximum absolute atomic E-state index is 7.56. The molecule has 5 N–H and O–H groups in total. The van der Waals surface area contributed by atoms with E-state index in [-0.39, 0.29) is 32.8 Å². The van der Waals surface area contributed by atoms with E-state index in [4.69, 9.17) is 10.8 Å². The summed E-state index contributed by atoms with van der Waals surface area (Å²) in [6.45, 7) is 3.79. The zero-order valence-electron chi connectivity index (χ0n) is 6.53. The summed E-state index contributed by atoms with van der Waals surface area (Å²) < 4.78 is 4.58. The zero-order valence-corrected chi connectivity index (χ0v) is 13.7. The first-order valence-electron chi connectivity index (χ1n) is 2.52. The number of nitrogens with two attached hydrogens (primary N) is 2. The first-order chi connectivity index (χ1) is 5.00. The average molecular weight is 395 g/mol. The third-order valence-electron chi connectivity index (χ3n) is 0.343. The van der Waals surface area contributed by atoms with Gasteiger partial charge in [0.2, 0.25) is 0 Å². The van der Waals surface area contributed by atoms with Gasteiger partial charge >= 0.3 is 0 Å². The molecule has 66 valence electrons. The quantitative estimate of drug-likeness (QED) is 0.353. The Kier molecular flexibility index (Phi) is 20.4. The molecule has 0 unspecified atom stereocenters. The van der Waals surface area contributed by atoms with Crippen molar-refractivity contribution in [2.45, 2.75) is 0 Å². The summed E-state index contributed by atoms with van der Waals surface area (Å²) in [6.07, 6.45) is 1.58. The number of hydrogen-bond acceptors (Lipinski definition) is 3. The summed E-state index contributed by atoms with van der Waals surface area (Å²) in [4.78, 5) is 0. The van der Waals surface area contributed by atoms with Crippen LogP contribution in [0, 0.1) is 0 Å². The van der Waals surface area contributed by atoms with Gasteiger partial charge in [0.1, 0.15) is 6.61 Å². The maximum atomic E-state index is 7.56. The minimum Gasteiger partial charge on any atom is -0.487 e. The van der Waals surface area contributed by atoms with Crippen molar-refractivity contribution in [1.29, 1.82) is 0 Å². The van der Waals surface area contributed by atoms with Gasteiger partial charge in [0.05, 0.1) is 0 Å². The van der Waals surface area contributed by atoms with Crippen LogP contribution in [0.2, 0.25) is 0 Å². The van der Waals surface area contributed by atoms with E-state index in [9.17, 15) is 0 Å². The number of rotatable bonds is 2. The van der Waals surface area contributed by atoms with E-state index in [2.05, 4.69) is 41.5 Å². The van der Waals surface area contributed by atoms with E-state index in [0.29, 0.717) is 6.61 Å². The number of aliphatic hydroxyl groups is 1. The van der Waals surface area contributed by atoms with Crippen molar-refractivity contribution in [3.05, 3.63) is 12.7 Å². The molecule has 0 heterocycles. The van der Waals surface area contributed by atoms with Crippen LogP contribution in [0.5, 0.6) is 0 Å². The van der Waals surface area contributed by atoms with Crippen molar-refractivity contribution in [3.8, 4) is 0 Å². The van der Waals surface area contributed by atoms with Gasteiger partial charge in [0, 0.05) is 27.7 Å². The Morgan fingerprint density at radius 3 is 1.92 bits per heavy atom. The standard InChI is InChI=1S/C4H7NOS.CH3NOS.Hg/c1-2-3-6-4(5)7;2-1(3)4;/h2H,1,3H2,(H2,5,7);(H3,2,3,4);. The monoisotopic (exact) mass is 396 g/mol. The molecule has 7 heteroatoms. The van der Waals surface area contributed by atoms with Crippen LogP contribution in [-0.4, -0.2) is 22.1 Å². The Labute approximate surface area is 102 Å². The van der Waals surface area contributed by atoms with Crippen LogP contribution in [0.25, 0.3) is 0 Å². The molecule has 0 aromatic carbocycles. The zero-order chi connectivity index (χ0) is 9.28. The van der Waals surface area contributed by atoms with Crippen LogP contribution in [-0.2, 0) is 32.4 Å². The molecule has 0 atom stereocenters. The predicted molar refractivity (Wildman–Crippen MR) is 52.3 cm³/mol. The predicted octanol–water partition coefficient (Wildman–Crippen LogP) is 0.218. The second kappa shape index (κ2) is 13.6. The molecule has 0 aromatic rings. The van der Waals surface area contributed by atoms with Crippen molar-refractivity contribution in [2.75, 3.05) is 6.61 Å². The first kappa shape index (κ1) is 18.0. The molecule has 0 spiro atoms. The Morgan fingerprint density at radius 2 is 1.83 bits per heavy atom. The largest absolute Gasteiger partial charge is 0.487 e. The summed E-state index contributed by atoms with van der Waals surface area (Å²) in [5.41, 5.74) is 9.34. The molecule has 0 fully saturated rings. The number of hydrogen-bond donors (Lipinski definition) is 3. The second-order valence-electron chi connectivity index (χ2n) is 1.26. The average Bonchev–Trinajstić information content (AvgIpc) is 1.82. The van der Waals surface area contributed by atoms with Gasteiger partial charge in [0.25, 0.3) is 10.3 Å². The molecule has 12 heavy (non-hydrogen) atoms. The van der Waals surface area contributed by atoms with Gasteiger partial charge in [-0.05, 0) is 24.4 Å². The molecule has 4 nitrogen and oxygen atoms in total. The second-order valence-corrected chi connectivity index (χ2v) is 2.08. The SMILES string of the molecule is C=CCOC(N)=S.NC(O)=S.[Hg]. The molecule has 0 saturated heterocycles. The molecule has 0 bridgehead atoms. The van der Waals surface area contributed by atoms with Gasteiger partial charge in [-0.3, -0.25) is 0 Å². The van der Waals surface area contributed by atoms with E-state index in [0.717, 1.165) is 0 Å². The summed E-state index contributed by atoms with van der Waals surface area (Å²) in [6, 6.07) is 0. The van der Waals surface area contributed by atoms with Gasteiger partial charge in [0.15, 0.2) is 0 Å². The van der Waals surface area contributed by atoms with Crippen LogP contribution < -0.4 is 11.5 Å². The van der Waals surface area contributed by atoms with E-state index < -0.39 is 5.17 Å². The van der Waals surface area contributed by atoms with Gasteiger partial charge in [-0.25, -0.2) is 0 Å². The minimum atomic E-state index is -0.500. The van der Waals surface area contributed by atoms with Gasteiger partial charge in [-0.1, -0.05) is 12.7 Å². The molecule has 0 aliphatic carbocycles. The molecule has 0 radical (unpaired) electrons. The molecule has 0 aromatic heterocycles. The topological polar surface area (TPSA) is 81.5 Å². The Bertz CT molecular complexity index is 150. The molecule has 0 rings (SSSR count). The number of aliphatic hydroxyl groups excluding tert-OH is 1. The fourth-order valence-electron chi connectivity index (χ4n) is 0.141. The van der Waals surface area contributed by atoms with Gasteiger partial charge < -0.3 is 21.3 Å². The molecule has 0 aliphatic rings. The fraction of sp³-hybridized carbons (Fsp3) is 0.200. The Morgan fingerprint density at radius 1 is 1.50 bits per heavy atom. The summed E-state index contributed by atoms with van der Waals surface area (Å²) in [5.74, 6) is 0. The van der Waals surface area contributed by atoms with Crippen LogP contribution in [0.1, 0.15) is 0 Å². The summed E-state index contributed by atoms with van der Waals surface area (Å²) >= 11 is 8.24. The molecule has 0 aliphatic heterocycles. The van der Waals surface area contributed by atoms with Crippen LogP contribution in [0.3, 0.4) is 0 Å². The van der Waals surface area contributed by atoms with E-state index in [1.165, 1.54) is 0 Å². The molecular weight excluding hydrogens is 385 g/mol. The van der Waals surface area contributed by atoms with Crippen molar-refractivity contribution in [1.82, 2.24) is 0 Å². The fourth-order valence-corrected chi connectivity index (χ4v) is 0.209. The third kappa shape index (κ3) is 50.1. The first-order valence-corrected chi connectivity index (χ1v) is 3.33. The van der Waals surface area contributed by atoms with E-state index in [1.807, 2.05) is 0 Å². The maximum Gasteiger partial charge on any atom is 0.254 e. The molecular formula is C5H10HgN2O2S2. The van der Waals surface area contributed by atoms with Crippen LogP contribution >= 0.6 is 24.4 Å². The van der Waals surface area contributed by atoms with Gasteiger partial charge in [-0.15, -0.1) is 0 Å². The van der Waals surface area contributed by atoms with Crippen molar-refractivity contribution >= 4 is 34.8 Å².